The van der Waals surface area contributed by atoms with Crippen LogP contribution in [-0.2, 0) is 13.7 Å². The molecule has 3 heterocycles. The molecule has 1 aromatic heterocycles. The average Bonchev–Trinajstić information content (AvgIpc) is 0.726. The van der Waals surface area contributed by atoms with E-state index in [-0.39, 0.29) is 116 Å². The highest BCUT2D eigenvalue weighted by Gasteiger charge is 2.43. The quantitative estimate of drug-likeness (QED) is 0.0420. The molecule has 118 heavy (non-hydrogen) atoms. The Kier molecular flexibility index (Phi) is 24.4. The second-order valence-electron chi connectivity index (χ2n) is 26.9. The van der Waals surface area contributed by atoms with E-state index in [1.807, 2.05) is 194 Å². The molecule has 17 aromatic rings. The van der Waals surface area contributed by atoms with E-state index in [1.165, 1.54) is 42.5 Å². The van der Waals surface area contributed by atoms with Crippen LogP contribution in [0.2, 0.25) is 0 Å². The summed E-state index contributed by atoms with van der Waals surface area (Å²) in [7, 11) is -5.79. The minimum atomic E-state index is -3.73. The second-order valence-corrected chi connectivity index (χ2v) is 32.6. The van der Waals surface area contributed by atoms with Crippen LogP contribution in [0, 0.1) is 0 Å². The first kappa shape index (κ1) is 84.1. The van der Waals surface area contributed by atoms with E-state index in [0.29, 0.717) is 66.4 Å². The van der Waals surface area contributed by atoms with Crippen molar-refractivity contribution in [2.45, 2.75) is 29.7 Å². The van der Waals surface area contributed by atoms with Crippen molar-refractivity contribution in [3.05, 3.63) is 349 Å². The van der Waals surface area contributed by atoms with E-state index in [4.69, 9.17) is 22.7 Å². The molecule has 2 aliphatic heterocycles. The molecule has 0 bridgehead atoms. The number of aromatic hydroxyl groups is 4. The number of ketones is 4. The van der Waals surface area contributed by atoms with E-state index < -0.39 is 34.0 Å². The molecule has 588 valence electrons. The topological polar surface area (TPSA) is 250 Å². The smallest absolute Gasteiger partial charge is 0.507 e. The van der Waals surface area contributed by atoms with Crippen molar-refractivity contribution in [2.24, 2.45) is 0 Å². The summed E-state index contributed by atoms with van der Waals surface area (Å²) in [5.41, 5.74) is 5.43. The number of methoxy groups -OCH3 is 2. The molecule has 2 aliphatic carbocycles. The normalized spacial score (nSPS) is 14.6. The lowest BCUT2D eigenvalue weighted by molar-refractivity contribution is 0.0974. The maximum absolute atomic E-state index is 14.8. The summed E-state index contributed by atoms with van der Waals surface area (Å²) in [6.45, 7) is 0. The lowest BCUT2D eigenvalue weighted by Crippen LogP contribution is -2.26. The zero-order valence-corrected chi connectivity index (χ0v) is 65.5. The van der Waals surface area contributed by atoms with Crippen molar-refractivity contribution in [3.8, 4) is 68.2 Å². The van der Waals surface area contributed by atoms with Gasteiger partial charge in [0.25, 0.3) is 0 Å². The van der Waals surface area contributed by atoms with Gasteiger partial charge in [-0.15, -0.1) is 24.0 Å². The SMILES string of the molecule is C.C.C.C.COc1cc(P2(=O)Oc3ccccc3-c3ccccc32)c(OC)c2cc3ccccc3cc12.I.O=C1C=CC(=O)c2cc3ccccc3cc21.O=C1c2ccccc2C(=O)c2c(O)ccc(O)c21.O=P1(c2cc(O)c3cc4ccccc4cc3c2O)Oc2ccccc2-c2ccccc21.O=[p+]1oc2ccccc2c2ccccc21. The van der Waals surface area contributed by atoms with E-state index in [9.17, 15) is 53.3 Å². The Morgan fingerprint density at radius 3 is 1.19 bits per heavy atom. The maximum Gasteiger partial charge on any atom is 0.597 e. The number of allylic oxidation sites excluding steroid dienone is 2. The van der Waals surface area contributed by atoms with Crippen LogP contribution in [0.25, 0.3) is 97.6 Å². The Morgan fingerprint density at radius 1 is 0.331 bits per heavy atom. The molecular weight excluding hydrogens is 1650 g/mol. The van der Waals surface area contributed by atoms with Crippen LogP contribution in [0.4, 0.5) is 0 Å². The number of benzene rings is 16. The molecule has 0 saturated carbocycles. The molecule has 0 spiro atoms. The number of ether oxygens (including phenoxy) is 2. The summed E-state index contributed by atoms with van der Waals surface area (Å²) in [4.78, 5) is 47.7. The lowest BCUT2D eigenvalue weighted by Gasteiger charge is -2.30. The molecule has 4 aliphatic rings. The first-order valence-corrected chi connectivity index (χ1v) is 40.2. The number of hydrogen-bond acceptors (Lipinski definition) is 16. The molecule has 16 aromatic carbocycles. The van der Waals surface area contributed by atoms with Gasteiger partial charge in [-0.25, -0.2) is 4.20 Å². The van der Waals surface area contributed by atoms with Crippen molar-refractivity contribution in [1.82, 2.24) is 0 Å². The third-order valence-electron chi connectivity index (χ3n) is 20.4. The van der Waals surface area contributed by atoms with Gasteiger partial charge in [-0.3, -0.25) is 28.3 Å². The van der Waals surface area contributed by atoms with Crippen LogP contribution in [0.5, 0.6) is 46.0 Å². The number of phenols is 4. The molecule has 0 radical (unpaired) electrons. The number of carbonyl (C=O) groups is 4. The molecule has 3 unspecified atom stereocenters. The number of fused-ring (bicyclic) bond motifs is 17. The summed E-state index contributed by atoms with van der Waals surface area (Å²) in [5, 5.41) is 54.7. The monoisotopic (exact) mass is 1730 g/mol. The number of hydrogen-bond donors (Lipinski definition) is 4. The summed E-state index contributed by atoms with van der Waals surface area (Å²) >= 11 is 0. The fourth-order valence-electron chi connectivity index (χ4n) is 15.0. The Balaban J connectivity index is 0.000000139. The standard InChI is InChI=1S/C28H21O4P.C26H17O4P.C14H8O4.C14H8O2.C12H8O2P.4CH4.HI/c1-30-25-17-27(28(31-2)23-16-19-10-4-3-9-18(19)15-22(23)25)33(29)26-14-8-6-12-21(26)20-11-5-7-13-24(20)32-33;27-22-15-25(26(28)21-14-17-8-2-1-7-16(17)13-20(21)22)31(29)24-12-6-4-10-19(24)18-9-3-5-11-23(18)30-31;15-9-5-6-10(16)12-11(9)13(17)7-3-1-2-4-8(7)14(12)18;15-13-5-6-14(16)12-8-10-4-2-1-3-9(10)7-11(12)13;13-15-12-8-4-2-6-10(12)9-5-1-3-7-11(9)14-15;;;;;/h3-17H,1-2H3;1-15,27-28H;1-6,15-16H;1-8H;1-8H;4*1H4;1H/q;;;;+1;;;;;. The largest absolute Gasteiger partial charge is 0.597 e. The molecule has 0 fully saturated rings. The van der Waals surface area contributed by atoms with Crippen LogP contribution in [0.3, 0.4) is 0 Å². The molecule has 3 atom stereocenters. The number of para-hydroxylation sites is 3. The third-order valence-corrected chi connectivity index (χ3v) is 26.5. The first-order valence-electron chi connectivity index (χ1n) is 35.7. The van der Waals surface area contributed by atoms with E-state index >= 15 is 0 Å². The summed E-state index contributed by atoms with van der Waals surface area (Å²) < 4.78 is 70.5. The molecule has 4 N–H and O–H groups in total. The highest BCUT2D eigenvalue weighted by atomic mass is 127. The number of phenolic OH excluding ortho intramolecular Hbond substituents is 4. The Labute approximate surface area is 698 Å². The van der Waals surface area contributed by atoms with Gasteiger partial charge in [0.1, 0.15) is 46.0 Å². The zero-order chi connectivity index (χ0) is 78.0. The minimum absolute atomic E-state index is 0. The van der Waals surface area contributed by atoms with Crippen molar-refractivity contribution in [3.63, 3.8) is 0 Å². The molecular formula is C98H79IO16P3+. The van der Waals surface area contributed by atoms with Crippen LogP contribution in [0.1, 0.15) is 82.3 Å². The Hall–Kier alpha value is -13.3. The van der Waals surface area contributed by atoms with Gasteiger partial charge < -0.3 is 38.9 Å². The van der Waals surface area contributed by atoms with E-state index in [1.54, 1.807) is 68.8 Å². The third kappa shape index (κ3) is 14.7. The average molecular weight is 1730 g/mol. The number of carbonyl (C=O) groups excluding carboxylic acids is 4. The predicted octanol–water partition coefficient (Wildman–Crippen LogP) is 24.1. The zero-order valence-electron chi connectivity index (χ0n) is 60.5. The van der Waals surface area contributed by atoms with E-state index in [2.05, 4.69) is 24.3 Å². The first-order chi connectivity index (χ1) is 54.9. The Morgan fingerprint density at radius 2 is 0.712 bits per heavy atom. The highest BCUT2D eigenvalue weighted by molar-refractivity contribution is 14.0. The van der Waals surface area contributed by atoms with Crippen LogP contribution in [0.15, 0.2) is 320 Å². The minimum Gasteiger partial charge on any atom is -0.507 e. The fourth-order valence-corrected chi connectivity index (χ4v) is 20.9. The fraction of sp³-hybridized carbons (Fsp3) is 0.0612. The van der Waals surface area contributed by atoms with Gasteiger partial charge in [-0.05, 0) is 163 Å². The Bertz CT molecular complexity index is 7020. The number of halogens is 1. The van der Waals surface area contributed by atoms with Crippen molar-refractivity contribution in [1.29, 1.82) is 0 Å². The van der Waals surface area contributed by atoms with Crippen LogP contribution >= 0.6 is 46.4 Å². The van der Waals surface area contributed by atoms with Crippen LogP contribution < -0.4 is 39.7 Å². The summed E-state index contributed by atoms with van der Waals surface area (Å²) in [6.07, 6.45) is 2.67. The lowest BCUT2D eigenvalue weighted by atomic mass is 9.83. The van der Waals surface area contributed by atoms with Gasteiger partial charge in [0.05, 0.1) is 46.6 Å². The van der Waals surface area contributed by atoms with Crippen molar-refractivity contribution >= 4 is 166 Å². The van der Waals surface area contributed by atoms with Gasteiger partial charge in [0, 0.05) is 65.7 Å². The molecule has 0 saturated heterocycles. The summed E-state index contributed by atoms with van der Waals surface area (Å²) in [6, 6.07) is 92.3. The maximum atomic E-state index is 14.8. The molecule has 0 amide bonds. The van der Waals surface area contributed by atoms with Gasteiger partial charge >= 0.3 is 22.4 Å². The van der Waals surface area contributed by atoms with E-state index in [0.717, 1.165) is 81.2 Å². The van der Waals surface area contributed by atoms with Crippen molar-refractivity contribution < 1.29 is 76.0 Å². The molecule has 16 nitrogen and oxygen atoms in total. The summed E-state index contributed by atoms with van der Waals surface area (Å²) in [5.74, 6) is 0.367. The van der Waals surface area contributed by atoms with Crippen LogP contribution in [-0.4, -0.2) is 57.8 Å². The van der Waals surface area contributed by atoms with Gasteiger partial charge in [-0.2, -0.15) is 0 Å². The van der Waals surface area contributed by atoms with Crippen molar-refractivity contribution in [2.75, 3.05) is 14.2 Å². The number of rotatable bonds is 4. The second kappa shape index (κ2) is 34.3. The van der Waals surface area contributed by atoms with Gasteiger partial charge in [0.2, 0.25) is 5.12 Å². The predicted molar refractivity (Wildman–Crippen MR) is 487 cm³/mol. The van der Waals surface area contributed by atoms with Gasteiger partial charge in [-0.1, -0.05) is 230 Å². The van der Waals surface area contributed by atoms with Gasteiger partial charge in [0.15, 0.2) is 28.7 Å². The molecule has 20 heteroatoms. The molecule has 21 rings (SSSR count). The highest BCUT2D eigenvalue weighted by Crippen LogP contribution is 2.59.